The molecule has 3 heterocycles. The highest BCUT2D eigenvalue weighted by Crippen LogP contribution is 2.29. The highest BCUT2D eigenvalue weighted by molar-refractivity contribution is 7.11. The summed E-state index contributed by atoms with van der Waals surface area (Å²) in [6, 6.07) is 2.49. The fourth-order valence-corrected chi connectivity index (χ4v) is 2.94. The molecule has 2 aromatic heterocycles. The Kier molecular flexibility index (Phi) is 4.19. The van der Waals surface area contributed by atoms with Crippen LogP contribution in [0.3, 0.4) is 0 Å². The van der Waals surface area contributed by atoms with Crippen molar-refractivity contribution in [3.05, 3.63) is 35.6 Å². The molecule has 3 rings (SSSR count). The number of nitrogens with zero attached hydrogens (tertiary/aromatic N) is 3. The van der Waals surface area contributed by atoms with E-state index in [1.165, 1.54) is 23.6 Å². The molecule has 4 nitrogen and oxygen atoms in total. The first-order valence-corrected chi connectivity index (χ1v) is 7.75. The molecule has 2 aromatic rings. The van der Waals surface area contributed by atoms with Gasteiger partial charge in [0.05, 0.1) is 11.9 Å². The third-order valence-electron chi connectivity index (χ3n) is 3.52. The van der Waals surface area contributed by atoms with Gasteiger partial charge < -0.3 is 9.64 Å². The molecule has 0 aliphatic carbocycles. The number of anilines is 1. The van der Waals surface area contributed by atoms with E-state index in [0.29, 0.717) is 10.9 Å². The van der Waals surface area contributed by atoms with E-state index in [2.05, 4.69) is 9.97 Å². The third-order valence-corrected chi connectivity index (χ3v) is 4.18. The molecule has 0 saturated carbocycles. The summed E-state index contributed by atoms with van der Waals surface area (Å²) in [6.07, 6.45) is 0.298. The number of piperidine rings is 1. The van der Waals surface area contributed by atoms with Crippen LogP contribution in [0, 0.1) is 0 Å². The molecule has 22 heavy (non-hydrogen) atoms. The highest BCUT2D eigenvalue weighted by atomic mass is 32.1. The summed E-state index contributed by atoms with van der Waals surface area (Å²) in [5, 5.41) is 2.52. The van der Waals surface area contributed by atoms with Crippen molar-refractivity contribution in [2.75, 3.05) is 18.0 Å². The van der Waals surface area contributed by atoms with Crippen molar-refractivity contribution in [1.82, 2.24) is 9.97 Å². The molecule has 0 aromatic carbocycles. The van der Waals surface area contributed by atoms with Gasteiger partial charge in [0, 0.05) is 37.5 Å². The number of hydrogen-bond donors (Lipinski definition) is 0. The van der Waals surface area contributed by atoms with E-state index in [1.807, 2.05) is 10.3 Å². The Bertz CT molecular complexity index is 593. The maximum absolute atomic E-state index is 12.5. The molecule has 0 spiro atoms. The number of ether oxygens (including phenoxy) is 1. The average Bonchev–Trinajstić information content (AvgIpc) is 3.00. The fraction of sp³-hybridized carbons (Fsp3) is 0.429. The van der Waals surface area contributed by atoms with Gasteiger partial charge in [0.1, 0.15) is 11.8 Å². The van der Waals surface area contributed by atoms with Gasteiger partial charge in [-0.2, -0.15) is 13.2 Å². The monoisotopic (exact) mass is 329 g/mol. The van der Waals surface area contributed by atoms with Crippen LogP contribution < -0.4 is 9.64 Å². The zero-order chi connectivity index (χ0) is 15.6. The smallest absolute Gasteiger partial charge is 0.433 e. The van der Waals surface area contributed by atoms with Gasteiger partial charge in [-0.1, -0.05) is 11.3 Å². The number of aromatic nitrogens is 2. The number of rotatable bonds is 3. The highest BCUT2D eigenvalue weighted by Gasteiger charge is 2.32. The molecule has 1 aliphatic rings. The van der Waals surface area contributed by atoms with E-state index >= 15 is 0 Å². The maximum atomic E-state index is 12.5. The summed E-state index contributed by atoms with van der Waals surface area (Å²) in [4.78, 5) is 9.61. The van der Waals surface area contributed by atoms with Crippen molar-refractivity contribution in [2.45, 2.75) is 25.1 Å². The Morgan fingerprint density at radius 3 is 2.50 bits per heavy atom. The van der Waals surface area contributed by atoms with Gasteiger partial charge in [-0.25, -0.2) is 9.97 Å². The average molecular weight is 329 g/mol. The lowest BCUT2D eigenvalue weighted by Gasteiger charge is -2.33. The first-order chi connectivity index (χ1) is 10.5. The van der Waals surface area contributed by atoms with E-state index in [4.69, 9.17) is 4.74 Å². The third kappa shape index (κ3) is 3.49. The van der Waals surface area contributed by atoms with E-state index in [1.54, 1.807) is 6.20 Å². The lowest BCUT2D eigenvalue weighted by atomic mass is 10.1. The number of pyridine rings is 1. The van der Waals surface area contributed by atoms with E-state index in [0.717, 1.165) is 32.0 Å². The molecule has 8 heteroatoms. The van der Waals surface area contributed by atoms with Crippen molar-refractivity contribution in [2.24, 2.45) is 0 Å². The summed E-state index contributed by atoms with van der Waals surface area (Å²) < 4.78 is 43.2. The van der Waals surface area contributed by atoms with Gasteiger partial charge >= 0.3 is 6.18 Å². The first-order valence-electron chi connectivity index (χ1n) is 6.87. The standard InChI is InChI=1S/C14H14F3N3OS/c15-14(16,17)12-2-1-10(9-19-12)20-6-3-11(4-7-20)21-13-18-5-8-22-13/h1-2,5,8-9,11H,3-4,6-7H2. The first kappa shape index (κ1) is 15.1. The summed E-state index contributed by atoms with van der Waals surface area (Å²) in [7, 11) is 0. The molecule has 0 bridgehead atoms. The van der Waals surface area contributed by atoms with Gasteiger partial charge in [0.15, 0.2) is 0 Å². The fourth-order valence-electron chi connectivity index (χ4n) is 2.38. The van der Waals surface area contributed by atoms with Gasteiger partial charge in [-0.3, -0.25) is 0 Å². The molecule has 1 fully saturated rings. The molecule has 0 atom stereocenters. The van der Waals surface area contributed by atoms with Crippen LogP contribution in [0.5, 0.6) is 5.19 Å². The zero-order valence-corrected chi connectivity index (χ0v) is 12.4. The van der Waals surface area contributed by atoms with Crippen LogP contribution in [-0.2, 0) is 6.18 Å². The lowest BCUT2D eigenvalue weighted by Crippen LogP contribution is -2.38. The number of hydrogen-bond acceptors (Lipinski definition) is 5. The topological polar surface area (TPSA) is 38.2 Å². The Balaban J connectivity index is 1.57. The SMILES string of the molecule is FC(F)(F)c1ccc(N2CCC(Oc3nccs3)CC2)cn1. The van der Waals surface area contributed by atoms with Crippen molar-refractivity contribution in [1.29, 1.82) is 0 Å². The molecule has 1 aliphatic heterocycles. The molecule has 0 N–H and O–H groups in total. The molecule has 1 saturated heterocycles. The Morgan fingerprint density at radius 1 is 1.18 bits per heavy atom. The van der Waals surface area contributed by atoms with E-state index in [9.17, 15) is 13.2 Å². The minimum Gasteiger partial charge on any atom is -0.467 e. The Hall–Kier alpha value is -1.83. The van der Waals surface area contributed by atoms with Crippen LogP contribution in [0.2, 0.25) is 0 Å². The van der Waals surface area contributed by atoms with Crippen LogP contribution in [0.1, 0.15) is 18.5 Å². The van der Waals surface area contributed by atoms with Gasteiger partial charge in [-0.15, -0.1) is 0 Å². The molecule has 0 unspecified atom stereocenters. The molecular weight excluding hydrogens is 315 g/mol. The molecule has 0 amide bonds. The zero-order valence-electron chi connectivity index (χ0n) is 11.6. The van der Waals surface area contributed by atoms with Crippen LogP contribution in [-0.4, -0.2) is 29.2 Å². The second kappa shape index (κ2) is 6.12. The van der Waals surface area contributed by atoms with Crippen LogP contribution in [0.4, 0.5) is 18.9 Å². The summed E-state index contributed by atoms with van der Waals surface area (Å²) >= 11 is 1.45. The van der Waals surface area contributed by atoms with Crippen molar-refractivity contribution < 1.29 is 17.9 Å². The largest absolute Gasteiger partial charge is 0.467 e. The second-order valence-corrected chi connectivity index (χ2v) is 5.86. The summed E-state index contributed by atoms with van der Waals surface area (Å²) in [5.74, 6) is 0. The predicted molar refractivity (Wildman–Crippen MR) is 77.2 cm³/mol. The van der Waals surface area contributed by atoms with Gasteiger partial charge in [-0.05, 0) is 12.1 Å². The number of thiazole rings is 1. The van der Waals surface area contributed by atoms with Crippen molar-refractivity contribution in [3.8, 4) is 5.19 Å². The quantitative estimate of drug-likeness (QED) is 0.862. The Morgan fingerprint density at radius 2 is 1.95 bits per heavy atom. The maximum Gasteiger partial charge on any atom is 0.433 e. The minimum atomic E-state index is -4.40. The molecular formula is C14H14F3N3OS. The lowest BCUT2D eigenvalue weighted by molar-refractivity contribution is -0.141. The molecule has 118 valence electrons. The van der Waals surface area contributed by atoms with E-state index < -0.39 is 11.9 Å². The summed E-state index contributed by atoms with van der Waals surface area (Å²) in [6.45, 7) is 1.45. The van der Waals surface area contributed by atoms with Crippen LogP contribution in [0.25, 0.3) is 0 Å². The van der Waals surface area contributed by atoms with Gasteiger partial charge in [0.2, 0.25) is 0 Å². The normalized spacial score (nSPS) is 16.8. The van der Waals surface area contributed by atoms with Crippen LogP contribution in [0.15, 0.2) is 29.9 Å². The van der Waals surface area contributed by atoms with Crippen molar-refractivity contribution in [3.63, 3.8) is 0 Å². The predicted octanol–water partition coefficient (Wildman–Crippen LogP) is 3.60. The Labute approximate surface area is 129 Å². The van der Waals surface area contributed by atoms with Gasteiger partial charge in [0.25, 0.3) is 5.19 Å². The minimum absolute atomic E-state index is 0.102. The van der Waals surface area contributed by atoms with Crippen LogP contribution >= 0.6 is 11.3 Å². The number of alkyl halides is 3. The number of halogens is 3. The van der Waals surface area contributed by atoms with Crippen molar-refractivity contribution >= 4 is 17.0 Å². The summed E-state index contributed by atoms with van der Waals surface area (Å²) in [5.41, 5.74) is -0.154. The van der Waals surface area contributed by atoms with E-state index in [-0.39, 0.29) is 6.10 Å². The molecule has 0 radical (unpaired) electrons. The second-order valence-electron chi connectivity index (χ2n) is 5.00.